The Labute approximate surface area is 103 Å². The topological polar surface area (TPSA) is 56.7 Å². The van der Waals surface area contributed by atoms with Crippen LogP contribution in [0.3, 0.4) is 0 Å². The second-order valence-electron chi connectivity index (χ2n) is 3.52. The highest BCUT2D eigenvalue weighted by Crippen LogP contribution is 2.18. The Kier molecular flexibility index (Phi) is 3.24. The Bertz CT molecular complexity index is 492. The number of anilines is 1. The number of halogens is 1. The van der Waals surface area contributed by atoms with Gasteiger partial charge >= 0.3 is 0 Å². The lowest BCUT2D eigenvalue weighted by molar-refractivity contribution is 0.620. The maximum absolute atomic E-state index is 5.74. The molecule has 0 bridgehead atoms. The normalized spacial score (nSPS) is 10.6. The van der Waals surface area contributed by atoms with Gasteiger partial charge in [-0.1, -0.05) is 46.3 Å². The van der Waals surface area contributed by atoms with Crippen LogP contribution in [0.1, 0.15) is 18.2 Å². The molecule has 0 radical (unpaired) electrons. The van der Waals surface area contributed by atoms with Crippen LogP contribution in [0.25, 0.3) is 0 Å². The van der Waals surface area contributed by atoms with Crippen molar-refractivity contribution in [1.29, 1.82) is 0 Å². The van der Waals surface area contributed by atoms with E-state index >= 15 is 0 Å². The van der Waals surface area contributed by atoms with Gasteiger partial charge < -0.3 is 5.73 Å². The zero-order valence-electron chi connectivity index (χ0n) is 9.02. The summed E-state index contributed by atoms with van der Waals surface area (Å²) >= 11 is 3.51. The van der Waals surface area contributed by atoms with E-state index in [9.17, 15) is 0 Å². The Hall–Kier alpha value is -1.36. The van der Waals surface area contributed by atoms with Gasteiger partial charge in [0.15, 0.2) is 5.82 Å². The molecule has 2 rings (SSSR count). The summed E-state index contributed by atoms with van der Waals surface area (Å²) in [4.78, 5) is 0. The molecule has 84 valence electrons. The minimum Gasteiger partial charge on any atom is -0.381 e. The molecule has 0 amide bonds. The summed E-state index contributed by atoms with van der Waals surface area (Å²) in [5.74, 6) is 0.523. The molecule has 0 saturated carbocycles. The molecule has 0 aliphatic heterocycles. The number of hydrogen-bond acceptors (Lipinski definition) is 3. The van der Waals surface area contributed by atoms with E-state index in [4.69, 9.17) is 5.73 Å². The highest BCUT2D eigenvalue weighted by atomic mass is 79.9. The van der Waals surface area contributed by atoms with Crippen molar-refractivity contribution in [3.63, 3.8) is 0 Å². The molecular formula is C11H13BrN4. The van der Waals surface area contributed by atoms with Crippen LogP contribution in [0.15, 0.2) is 28.7 Å². The fraction of sp³-hybridized carbons (Fsp3) is 0.273. The second-order valence-corrected chi connectivity index (χ2v) is 4.38. The zero-order valence-corrected chi connectivity index (χ0v) is 10.6. The van der Waals surface area contributed by atoms with Gasteiger partial charge in [-0.25, -0.2) is 4.68 Å². The fourth-order valence-corrected chi connectivity index (χ4v) is 2.03. The lowest BCUT2D eigenvalue weighted by Crippen LogP contribution is -2.07. The van der Waals surface area contributed by atoms with Gasteiger partial charge in [-0.05, 0) is 18.1 Å². The van der Waals surface area contributed by atoms with Gasteiger partial charge in [0.1, 0.15) is 0 Å². The Balaban J connectivity index is 2.31. The predicted molar refractivity (Wildman–Crippen MR) is 67.1 cm³/mol. The van der Waals surface area contributed by atoms with E-state index in [-0.39, 0.29) is 0 Å². The van der Waals surface area contributed by atoms with Crippen LogP contribution in [0.2, 0.25) is 0 Å². The van der Waals surface area contributed by atoms with E-state index < -0.39 is 0 Å². The van der Waals surface area contributed by atoms with E-state index in [1.165, 1.54) is 5.56 Å². The molecule has 2 aromatic rings. The fourth-order valence-electron chi connectivity index (χ4n) is 1.62. The number of hydrogen-bond donors (Lipinski definition) is 1. The first kappa shape index (κ1) is 11.1. The van der Waals surface area contributed by atoms with Gasteiger partial charge in [0.25, 0.3) is 0 Å². The van der Waals surface area contributed by atoms with Crippen molar-refractivity contribution >= 4 is 21.7 Å². The van der Waals surface area contributed by atoms with Crippen molar-refractivity contribution in [2.24, 2.45) is 0 Å². The summed E-state index contributed by atoms with van der Waals surface area (Å²) in [7, 11) is 0. The van der Waals surface area contributed by atoms with E-state index in [2.05, 4.69) is 32.3 Å². The van der Waals surface area contributed by atoms with Crippen molar-refractivity contribution in [1.82, 2.24) is 15.0 Å². The van der Waals surface area contributed by atoms with Crippen LogP contribution in [-0.4, -0.2) is 15.0 Å². The quantitative estimate of drug-likeness (QED) is 0.938. The zero-order chi connectivity index (χ0) is 11.5. The van der Waals surface area contributed by atoms with Crippen LogP contribution in [0.5, 0.6) is 0 Å². The standard InChI is InChI=1S/C11H13BrN4/c1-2-10-11(13)14-15-16(10)7-8-5-3-4-6-9(8)12/h3-6H,2,7,13H2,1H3. The van der Waals surface area contributed by atoms with E-state index in [0.29, 0.717) is 12.4 Å². The predicted octanol–water partition coefficient (Wildman–Crippen LogP) is 2.23. The molecule has 16 heavy (non-hydrogen) atoms. The van der Waals surface area contributed by atoms with Crippen molar-refractivity contribution in [2.45, 2.75) is 19.9 Å². The molecule has 1 heterocycles. The lowest BCUT2D eigenvalue weighted by Gasteiger charge is -2.06. The number of nitrogens with two attached hydrogens (primary N) is 1. The second kappa shape index (κ2) is 4.65. The van der Waals surface area contributed by atoms with Crippen molar-refractivity contribution in [2.75, 3.05) is 5.73 Å². The smallest absolute Gasteiger partial charge is 0.169 e. The molecule has 0 aliphatic carbocycles. The molecule has 0 atom stereocenters. The Morgan fingerprint density at radius 3 is 2.81 bits per heavy atom. The molecule has 0 spiro atoms. The third-order valence-corrected chi connectivity index (χ3v) is 3.25. The van der Waals surface area contributed by atoms with Crippen molar-refractivity contribution in [3.8, 4) is 0 Å². The summed E-state index contributed by atoms with van der Waals surface area (Å²) in [6.07, 6.45) is 0.837. The van der Waals surface area contributed by atoms with Gasteiger partial charge in [0, 0.05) is 4.47 Å². The van der Waals surface area contributed by atoms with Crippen LogP contribution >= 0.6 is 15.9 Å². The molecule has 1 aromatic heterocycles. The summed E-state index contributed by atoms with van der Waals surface area (Å²) in [5.41, 5.74) is 7.89. The molecule has 0 fully saturated rings. The van der Waals surface area contributed by atoms with Crippen LogP contribution < -0.4 is 5.73 Å². The largest absolute Gasteiger partial charge is 0.381 e. The minimum atomic E-state index is 0.523. The summed E-state index contributed by atoms with van der Waals surface area (Å²) in [6, 6.07) is 8.07. The molecule has 0 aliphatic rings. The number of nitrogen functional groups attached to an aromatic ring is 1. The monoisotopic (exact) mass is 280 g/mol. The van der Waals surface area contributed by atoms with Crippen LogP contribution in [0.4, 0.5) is 5.82 Å². The van der Waals surface area contributed by atoms with Gasteiger partial charge in [0.05, 0.1) is 12.2 Å². The maximum atomic E-state index is 5.74. The highest BCUT2D eigenvalue weighted by Gasteiger charge is 2.09. The first-order valence-corrected chi connectivity index (χ1v) is 5.93. The SMILES string of the molecule is CCc1c(N)nnn1Cc1ccccc1Br. The summed E-state index contributed by atoms with van der Waals surface area (Å²) < 4.78 is 2.92. The molecular weight excluding hydrogens is 268 g/mol. The molecule has 4 nitrogen and oxygen atoms in total. The van der Waals surface area contributed by atoms with Gasteiger partial charge in [-0.15, -0.1) is 5.10 Å². The summed E-state index contributed by atoms with van der Waals surface area (Å²) in [5, 5.41) is 7.93. The number of nitrogens with zero attached hydrogens (tertiary/aromatic N) is 3. The average molecular weight is 281 g/mol. The maximum Gasteiger partial charge on any atom is 0.169 e. The van der Waals surface area contributed by atoms with Gasteiger partial charge in [-0.2, -0.15) is 0 Å². The number of rotatable bonds is 3. The molecule has 5 heteroatoms. The van der Waals surface area contributed by atoms with E-state index in [0.717, 1.165) is 16.6 Å². The summed E-state index contributed by atoms with van der Waals surface area (Å²) in [6.45, 7) is 2.74. The van der Waals surface area contributed by atoms with Crippen molar-refractivity contribution < 1.29 is 0 Å². The molecule has 1 aromatic carbocycles. The number of benzene rings is 1. The van der Waals surface area contributed by atoms with Crippen LogP contribution in [0, 0.1) is 0 Å². The first-order valence-electron chi connectivity index (χ1n) is 5.13. The third-order valence-electron chi connectivity index (χ3n) is 2.48. The Morgan fingerprint density at radius 1 is 1.38 bits per heavy atom. The van der Waals surface area contributed by atoms with E-state index in [1.807, 2.05) is 29.8 Å². The highest BCUT2D eigenvalue weighted by molar-refractivity contribution is 9.10. The average Bonchev–Trinajstić information content (AvgIpc) is 2.63. The van der Waals surface area contributed by atoms with E-state index in [1.54, 1.807) is 0 Å². The first-order chi connectivity index (χ1) is 7.72. The van der Waals surface area contributed by atoms with Gasteiger partial charge in [0.2, 0.25) is 0 Å². The van der Waals surface area contributed by atoms with Crippen LogP contribution in [-0.2, 0) is 13.0 Å². The molecule has 0 saturated heterocycles. The minimum absolute atomic E-state index is 0.523. The third kappa shape index (κ3) is 2.09. The van der Waals surface area contributed by atoms with Gasteiger partial charge in [-0.3, -0.25) is 0 Å². The molecule has 2 N–H and O–H groups in total. The molecule has 0 unspecified atom stereocenters. The number of aromatic nitrogens is 3. The van der Waals surface area contributed by atoms with Crippen molar-refractivity contribution in [3.05, 3.63) is 40.0 Å². The lowest BCUT2D eigenvalue weighted by atomic mass is 10.2. The Morgan fingerprint density at radius 2 is 2.12 bits per heavy atom.